The molecular formula is C17H29ClN2O2. The molecule has 0 aliphatic rings. The van der Waals surface area contributed by atoms with Gasteiger partial charge in [-0.2, -0.15) is 0 Å². The standard InChI is InChI=1S/C17H28N2O2.ClH/c1-12(19-16(20)10-15(11-18)21-5)13-6-8-14(9-7-13)17(2,3)4;/h6-9,12,15H,10-11,18H2,1-5H3,(H,19,20);1H. The number of benzene rings is 1. The van der Waals surface area contributed by atoms with Crippen molar-refractivity contribution in [1.82, 2.24) is 5.32 Å². The van der Waals surface area contributed by atoms with E-state index in [1.807, 2.05) is 6.92 Å². The van der Waals surface area contributed by atoms with Crippen molar-refractivity contribution in [2.24, 2.45) is 5.73 Å². The first-order chi connectivity index (χ1) is 9.77. The van der Waals surface area contributed by atoms with Crippen LogP contribution in [0.2, 0.25) is 0 Å². The summed E-state index contributed by atoms with van der Waals surface area (Å²) in [5.74, 6) is -0.0419. The van der Waals surface area contributed by atoms with Gasteiger partial charge in [0.2, 0.25) is 5.91 Å². The van der Waals surface area contributed by atoms with Gasteiger partial charge >= 0.3 is 0 Å². The zero-order valence-corrected chi connectivity index (χ0v) is 15.0. The van der Waals surface area contributed by atoms with Gasteiger partial charge in [0.25, 0.3) is 0 Å². The Morgan fingerprint density at radius 2 is 1.82 bits per heavy atom. The minimum Gasteiger partial charge on any atom is -0.380 e. The molecule has 0 saturated heterocycles. The molecule has 4 nitrogen and oxygen atoms in total. The molecule has 22 heavy (non-hydrogen) atoms. The molecule has 0 saturated carbocycles. The molecule has 0 spiro atoms. The molecule has 126 valence electrons. The average Bonchev–Trinajstić information content (AvgIpc) is 2.43. The lowest BCUT2D eigenvalue weighted by atomic mass is 9.86. The van der Waals surface area contributed by atoms with E-state index < -0.39 is 0 Å². The molecule has 0 aliphatic carbocycles. The molecule has 0 heterocycles. The van der Waals surface area contributed by atoms with E-state index in [0.29, 0.717) is 6.54 Å². The monoisotopic (exact) mass is 328 g/mol. The van der Waals surface area contributed by atoms with E-state index in [-0.39, 0.29) is 42.3 Å². The van der Waals surface area contributed by atoms with E-state index in [9.17, 15) is 4.79 Å². The summed E-state index contributed by atoms with van der Waals surface area (Å²) in [6.07, 6.45) is 0.0673. The molecule has 0 bridgehead atoms. The van der Waals surface area contributed by atoms with E-state index in [1.165, 1.54) is 5.56 Å². The molecule has 0 radical (unpaired) electrons. The lowest BCUT2D eigenvalue weighted by Gasteiger charge is -2.21. The Morgan fingerprint density at radius 3 is 2.23 bits per heavy atom. The van der Waals surface area contributed by atoms with Gasteiger partial charge in [-0.15, -0.1) is 12.4 Å². The number of amides is 1. The first-order valence-electron chi connectivity index (χ1n) is 7.40. The summed E-state index contributed by atoms with van der Waals surface area (Å²) >= 11 is 0. The van der Waals surface area contributed by atoms with Crippen LogP contribution in [0, 0.1) is 0 Å². The SMILES string of the molecule is COC(CN)CC(=O)NC(C)c1ccc(C(C)(C)C)cc1.Cl. The van der Waals surface area contributed by atoms with Crippen molar-refractivity contribution >= 4 is 18.3 Å². The maximum Gasteiger partial charge on any atom is 0.223 e. The third kappa shape index (κ3) is 6.34. The summed E-state index contributed by atoms with van der Waals surface area (Å²) in [6.45, 7) is 8.88. The Hall–Kier alpha value is -1.10. The van der Waals surface area contributed by atoms with Crippen molar-refractivity contribution in [2.45, 2.75) is 51.7 Å². The Bertz CT molecular complexity index is 451. The van der Waals surface area contributed by atoms with Crippen LogP contribution >= 0.6 is 12.4 Å². The number of carbonyl (C=O) groups excluding carboxylic acids is 1. The van der Waals surface area contributed by atoms with Gasteiger partial charge in [-0.1, -0.05) is 45.0 Å². The smallest absolute Gasteiger partial charge is 0.223 e. The highest BCUT2D eigenvalue weighted by molar-refractivity contribution is 5.85. The zero-order chi connectivity index (χ0) is 16.0. The van der Waals surface area contributed by atoms with Gasteiger partial charge in [0, 0.05) is 13.7 Å². The molecule has 2 atom stereocenters. The molecule has 0 aromatic heterocycles. The van der Waals surface area contributed by atoms with E-state index in [4.69, 9.17) is 10.5 Å². The summed E-state index contributed by atoms with van der Waals surface area (Å²) in [5.41, 5.74) is 8.04. The maximum atomic E-state index is 11.9. The highest BCUT2D eigenvalue weighted by atomic mass is 35.5. The third-order valence-corrected chi connectivity index (χ3v) is 3.66. The average molecular weight is 329 g/mol. The lowest BCUT2D eigenvalue weighted by Crippen LogP contribution is -2.33. The van der Waals surface area contributed by atoms with Crippen LogP contribution in [-0.2, 0) is 14.9 Å². The number of carbonyl (C=O) groups is 1. The number of hydrogen-bond donors (Lipinski definition) is 2. The van der Waals surface area contributed by atoms with Gasteiger partial charge in [0.05, 0.1) is 18.6 Å². The third-order valence-electron chi connectivity index (χ3n) is 3.66. The van der Waals surface area contributed by atoms with Crippen LogP contribution in [0.3, 0.4) is 0 Å². The summed E-state index contributed by atoms with van der Waals surface area (Å²) in [5, 5.41) is 2.98. The van der Waals surface area contributed by atoms with Crippen LogP contribution in [0.15, 0.2) is 24.3 Å². The first kappa shape index (κ1) is 20.9. The largest absolute Gasteiger partial charge is 0.380 e. The van der Waals surface area contributed by atoms with Crippen LogP contribution in [0.4, 0.5) is 0 Å². The maximum absolute atomic E-state index is 11.9. The predicted molar refractivity (Wildman–Crippen MR) is 93.4 cm³/mol. The molecule has 3 N–H and O–H groups in total. The molecule has 1 aromatic rings. The second-order valence-corrected chi connectivity index (χ2v) is 6.46. The fraction of sp³-hybridized carbons (Fsp3) is 0.588. The minimum atomic E-state index is -0.222. The van der Waals surface area contributed by atoms with E-state index in [2.05, 4.69) is 50.4 Å². The second-order valence-electron chi connectivity index (χ2n) is 6.46. The number of rotatable bonds is 6. The molecule has 1 amide bonds. The van der Waals surface area contributed by atoms with Crippen molar-refractivity contribution in [3.63, 3.8) is 0 Å². The second kappa shape index (κ2) is 9.13. The van der Waals surface area contributed by atoms with Gasteiger partial charge in [-0.3, -0.25) is 4.79 Å². The fourth-order valence-electron chi connectivity index (χ4n) is 2.13. The fourth-order valence-corrected chi connectivity index (χ4v) is 2.13. The van der Waals surface area contributed by atoms with Crippen molar-refractivity contribution in [2.75, 3.05) is 13.7 Å². The van der Waals surface area contributed by atoms with Gasteiger partial charge in [0.1, 0.15) is 0 Å². The normalized spacial score (nSPS) is 13.9. The highest BCUT2D eigenvalue weighted by Gasteiger charge is 2.16. The number of halogens is 1. The van der Waals surface area contributed by atoms with Gasteiger partial charge < -0.3 is 15.8 Å². The molecule has 0 fully saturated rings. The van der Waals surface area contributed by atoms with Crippen LogP contribution in [0.25, 0.3) is 0 Å². The first-order valence-corrected chi connectivity index (χ1v) is 7.40. The van der Waals surface area contributed by atoms with E-state index in [0.717, 1.165) is 5.56 Å². The lowest BCUT2D eigenvalue weighted by molar-refractivity contribution is -0.124. The number of nitrogens with two attached hydrogens (primary N) is 1. The van der Waals surface area contributed by atoms with Gasteiger partial charge in [-0.25, -0.2) is 0 Å². The molecule has 2 unspecified atom stereocenters. The topological polar surface area (TPSA) is 64.3 Å². The summed E-state index contributed by atoms with van der Waals surface area (Å²) in [6, 6.07) is 8.36. The Balaban J connectivity index is 0.00000441. The van der Waals surface area contributed by atoms with Crippen molar-refractivity contribution in [1.29, 1.82) is 0 Å². The van der Waals surface area contributed by atoms with Crippen LogP contribution in [-0.4, -0.2) is 25.7 Å². The Labute approximate surface area is 140 Å². The van der Waals surface area contributed by atoms with Crippen molar-refractivity contribution in [3.8, 4) is 0 Å². The highest BCUT2D eigenvalue weighted by Crippen LogP contribution is 2.23. The summed E-state index contributed by atoms with van der Waals surface area (Å²) in [4.78, 5) is 11.9. The quantitative estimate of drug-likeness (QED) is 0.843. The van der Waals surface area contributed by atoms with Crippen molar-refractivity contribution < 1.29 is 9.53 Å². The molecule has 1 rings (SSSR count). The van der Waals surface area contributed by atoms with Crippen LogP contribution in [0.5, 0.6) is 0 Å². The van der Waals surface area contributed by atoms with Gasteiger partial charge in [0.15, 0.2) is 0 Å². The Morgan fingerprint density at radius 1 is 1.27 bits per heavy atom. The molecular weight excluding hydrogens is 300 g/mol. The molecule has 5 heteroatoms. The van der Waals surface area contributed by atoms with Crippen LogP contribution < -0.4 is 11.1 Å². The number of ether oxygens (including phenoxy) is 1. The predicted octanol–water partition coefficient (Wildman–Crippen LogP) is 2.95. The van der Waals surface area contributed by atoms with E-state index >= 15 is 0 Å². The number of nitrogens with one attached hydrogen (secondary N) is 1. The summed E-state index contributed by atoms with van der Waals surface area (Å²) in [7, 11) is 1.57. The minimum absolute atomic E-state index is 0. The van der Waals surface area contributed by atoms with Crippen molar-refractivity contribution in [3.05, 3.63) is 35.4 Å². The van der Waals surface area contributed by atoms with Crippen LogP contribution in [0.1, 0.15) is 51.3 Å². The number of methoxy groups -OCH3 is 1. The molecule has 0 aliphatic heterocycles. The molecule has 1 aromatic carbocycles. The zero-order valence-electron chi connectivity index (χ0n) is 14.2. The summed E-state index contributed by atoms with van der Waals surface area (Å²) < 4.78 is 5.12. The Kier molecular flexibility index (Phi) is 8.68. The van der Waals surface area contributed by atoms with E-state index in [1.54, 1.807) is 7.11 Å². The number of hydrogen-bond acceptors (Lipinski definition) is 3. The van der Waals surface area contributed by atoms with Gasteiger partial charge in [-0.05, 0) is 23.5 Å².